The van der Waals surface area contributed by atoms with Crippen molar-refractivity contribution < 1.29 is 19.4 Å². The molecule has 1 heterocycles. The van der Waals surface area contributed by atoms with Crippen LogP contribution in [-0.2, 0) is 9.53 Å². The van der Waals surface area contributed by atoms with Crippen molar-refractivity contribution >= 4 is 29.3 Å². The molecule has 6 heteroatoms. The molecule has 0 saturated carbocycles. The van der Waals surface area contributed by atoms with Crippen LogP contribution in [0.2, 0.25) is 0 Å². The predicted molar refractivity (Wildman–Crippen MR) is 83.2 cm³/mol. The number of benzene rings is 1. The molecular formula is C15H19ClO4S. The number of rotatable bonds is 4. The van der Waals surface area contributed by atoms with Crippen LogP contribution in [0.3, 0.4) is 0 Å². The van der Waals surface area contributed by atoms with Crippen molar-refractivity contribution in [3.05, 3.63) is 23.8 Å². The number of methoxy groups -OCH3 is 1. The van der Waals surface area contributed by atoms with Crippen molar-refractivity contribution in [3.8, 4) is 5.75 Å². The van der Waals surface area contributed by atoms with Crippen LogP contribution in [0, 0.1) is 6.92 Å². The number of hydrogen-bond acceptors (Lipinski definition) is 5. The van der Waals surface area contributed by atoms with Crippen LogP contribution in [0.5, 0.6) is 5.75 Å². The van der Waals surface area contributed by atoms with Crippen molar-refractivity contribution in [2.24, 2.45) is 0 Å². The van der Waals surface area contributed by atoms with Gasteiger partial charge in [-0.1, -0.05) is 6.07 Å². The highest BCUT2D eigenvalue weighted by Crippen LogP contribution is 2.46. The van der Waals surface area contributed by atoms with Crippen LogP contribution in [0.25, 0.3) is 0 Å². The molecule has 0 fully saturated rings. The molecule has 0 saturated heterocycles. The van der Waals surface area contributed by atoms with Crippen LogP contribution < -0.4 is 4.74 Å². The molecule has 0 amide bonds. The van der Waals surface area contributed by atoms with Gasteiger partial charge in [-0.05, 0) is 37.5 Å². The van der Waals surface area contributed by atoms with E-state index in [1.165, 1.54) is 18.9 Å². The normalized spacial score (nSPS) is 24.7. The first-order valence-electron chi connectivity index (χ1n) is 6.78. The molecule has 0 aliphatic carbocycles. The topological polar surface area (TPSA) is 55.8 Å². The maximum absolute atomic E-state index is 12.4. The summed E-state index contributed by atoms with van der Waals surface area (Å²) in [5, 5.41) is 10.5. The second kappa shape index (κ2) is 6.90. The van der Waals surface area contributed by atoms with E-state index in [1.54, 1.807) is 0 Å². The molecule has 2 rings (SSSR count). The Morgan fingerprint density at radius 1 is 1.62 bits per heavy atom. The molecule has 116 valence electrons. The van der Waals surface area contributed by atoms with E-state index in [2.05, 4.69) is 0 Å². The fourth-order valence-electron chi connectivity index (χ4n) is 2.38. The number of fused-ring (bicyclic) bond motifs is 1. The van der Waals surface area contributed by atoms with E-state index in [1.807, 2.05) is 25.1 Å². The Labute approximate surface area is 133 Å². The van der Waals surface area contributed by atoms with Gasteiger partial charge in [0.1, 0.15) is 23.2 Å². The molecule has 2 unspecified atom stereocenters. The first-order chi connectivity index (χ1) is 10.0. The van der Waals surface area contributed by atoms with E-state index in [0.717, 1.165) is 10.5 Å². The third-order valence-electron chi connectivity index (χ3n) is 3.54. The zero-order valence-corrected chi connectivity index (χ0v) is 13.7. The molecule has 4 nitrogen and oxygen atoms in total. The minimum Gasteiger partial charge on any atom is -0.490 e. The summed E-state index contributed by atoms with van der Waals surface area (Å²) in [4.78, 5) is 13.2. The van der Waals surface area contributed by atoms with Gasteiger partial charge in [-0.3, -0.25) is 4.79 Å². The molecular weight excluding hydrogens is 312 g/mol. The van der Waals surface area contributed by atoms with E-state index in [4.69, 9.17) is 21.1 Å². The summed E-state index contributed by atoms with van der Waals surface area (Å²) in [6.07, 6.45) is 0.0963. The monoisotopic (exact) mass is 330 g/mol. The number of aliphatic hydroxyl groups is 1. The largest absolute Gasteiger partial charge is 0.490 e. The van der Waals surface area contributed by atoms with E-state index in [-0.39, 0.29) is 6.61 Å². The smallest absolute Gasteiger partial charge is 0.325 e. The van der Waals surface area contributed by atoms with Gasteiger partial charge in [0.15, 0.2) is 0 Å². The summed E-state index contributed by atoms with van der Waals surface area (Å²) >= 11 is 7.08. The number of esters is 1. The number of aryl methyl sites for hydroxylation is 1. The fourth-order valence-corrected chi connectivity index (χ4v) is 4.00. The van der Waals surface area contributed by atoms with Gasteiger partial charge < -0.3 is 14.6 Å². The minimum absolute atomic E-state index is 0.0560. The Kier molecular flexibility index (Phi) is 5.41. The van der Waals surface area contributed by atoms with E-state index < -0.39 is 16.8 Å². The molecule has 0 spiro atoms. The minimum atomic E-state index is -1.08. The maximum atomic E-state index is 12.4. The standard InChI is InChI=1S/C15H19ClO4S/c1-10-4-5-11-12(8-10)21-15(6-3-7-16,14(18)19-2)13(17)9-20-11/h4-5,8,13,17H,3,6-7,9H2,1-2H3. The number of thioether (sulfide) groups is 1. The summed E-state index contributed by atoms with van der Waals surface area (Å²) in [6, 6.07) is 5.76. The third-order valence-corrected chi connectivity index (χ3v) is 5.35. The number of hydrogen-bond donors (Lipinski definition) is 1. The number of ether oxygens (including phenoxy) is 2. The maximum Gasteiger partial charge on any atom is 0.325 e. The van der Waals surface area contributed by atoms with Crippen LogP contribution >= 0.6 is 23.4 Å². The average molecular weight is 331 g/mol. The Bertz CT molecular complexity index is 522. The van der Waals surface area contributed by atoms with Gasteiger partial charge in [-0.15, -0.1) is 23.4 Å². The highest BCUT2D eigenvalue weighted by Gasteiger charge is 2.49. The first-order valence-corrected chi connectivity index (χ1v) is 8.13. The zero-order valence-electron chi connectivity index (χ0n) is 12.1. The molecule has 1 aromatic carbocycles. The summed E-state index contributed by atoms with van der Waals surface area (Å²) in [5.41, 5.74) is 1.07. The van der Waals surface area contributed by atoms with Crippen molar-refractivity contribution in [1.82, 2.24) is 0 Å². The quantitative estimate of drug-likeness (QED) is 0.679. The molecule has 0 radical (unpaired) electrons. The van der Waals surface area contributed by atoms with Gasteiger partial charge >= 0.3 is 5.97 Å². The second-order valence-electron chi connectivity index (χ2n) is 5.05. The summed E-state index contributed by atoms with van der Waals surface area (Å²) in [6.45, 7) is 2.03. The zero-order chi connectivity index (χ0) is 15.5. The number of carbonyl (C=O) groups is 1. The van der Waals surface area contributed by atoms with Gasteiger partial charge in [-0.25, -0.2) is 0 Å². The van der Waals surface area contributed by atoms with E-state index in [9.17, 15) is 9.90 Å². The second-order valence-corrected chi connectivity index (χ2v) is 6.80. The summed E-state index contributed by atoms with van der Waals surface area (Å²) in [5.74, 6) is 0.664. The lowest BCUT2D eigenvalue weighted by molar-refractivity contribution is -0.147. The Balaban J connectivity index is 2.44. The Morgan fingerprint density at radius 3 is 3.05 bits per heavy atom. The summed E-state index contributed by atoms with van der Waals surface area (Å²) < 4.78 is 9.50. The lowest BCUT2D eigenvalue weighted by Crippen LogP contribution is -2.49. The van der Waals surface area contributed by atoms with Gasteiger partial charge in [0, 0.05) is 5.88 Å². The van der Waals surface area contributed by atoms with E-state index in [0.29, 0.717) is 24.5 Å². The molecule has 2 atom stereocenters. The highest BCUT2D eigenvalue weighted by atomic mass is 35.5. The number of aliphatic hydroxyl groups excluding tert-OH is 1. The summed E-state index contributed by atoms with van der Waals surface area (Å²) in [7, 11) is 1.33. The van der Waals surface area contributed by atoms with Gasteiger partial charge in [0.05, 0.1) is 12.0 Å². The van der Waals surface area contributed by atoms with Crippen molar-refractivity contribution in [3.63, 3.8) is 0 Å². The molecule has 1 aliphatic heterocycles. The fraction of sp³-hybridized carbons (Fsp3) is 0.533. The molecule has 1 aromatic rings. The van der Waals surface area contributed by atoms with E-state index >= 15 is 0 Å². The van der Waals surface area contributed by atoms with Gasteiger partial charge in [0.25, 0.3) is 0 Å². The highest BCUT2D eigenvalue weighted by molar-refractivity contribution is 8.01. The molecule has 0 aromatic heterocycles. The number of alkyl halides is 1. The van der Waals surface area contributed by atoms with Crippen LogP contribution in [-0.4, -0.2) is 41.5 Å². The van der Waals surface area contributed by atoms with Crippen molar-refractivity contribution in [2.75, 3.05) is 19.6 Å². The average Bonchev–Trinajstić information content (AvgIpc) is 2.62. The SMILES string of the molecule is COC(=O)C1(CCCCl)Sc2cc(C)ccc2OCC1O. The van der Waals surface area contributed by atoms with Gasteiger partial charge in [0.2, 0.25) is 0 Å². The van der Waals surface area contributed by atoms with Gasteiger partial charge in [-0.2, -0.15) is 0 Å². The molecule has 1 aliphatic rings. The van der Waals surface area contributed by atoms with Crippen molar-refractivity contribution in [1.29, 1.82) is 0 Å². The number of halogens is 1. The lowest BCUT2D eigenvalue weighted by Gasteiger charge is -2.32. The lowest BCUT2D eigenvalue weighted by atomic mass is 9.96. The first kappa shape index (κ1) is 16.5. The Hall–Kier alpha value is -0.910. The molecule has 21 heavy (non-hydrogen) atoms. The van der Waals surface area contributed by atoms with Crippen LogP contribution in [0.4, 0.5) is 0 Å². The molecule has 0 bridgehead atoms. The third kappa shape index (κ3) is 3.30. The predicted octanol–water partition coefficient (Wildman–Crippen LogP) is 2.77. The van der Waals surface area contributed by atoms with Crippen LogP contribution in [0.15, 0.2) is 23.1 Å². The molecule has 1 N–H and O–H groups in total. The van der Waals surface area contributed by atoms with Crippen LogP contribution in [0.1, 0.15) is 18.4 Å². The Morgan fingerprint density at radius 2 is 2.38 bits per heavy atom. The van der Waals surface area contributed by atoms with Crippen molar-refractivity contribution in [2.45, 2.75) is 35.5 Å². The number of carbonyl (C=O) groups excluding carboxylic acids is 1.